The summed E-state index contributed by atoms with van der Waals surface area (Å²) in [5, 5.41) is 0. The number of pyridine rings is 1. The van der Waals surface area contributed by atoms with Crippen molar-refractivity contribution in [2.75, 3.05) is 7.05 Å². The van der Waals surface area contributed by atoms with Crippen LogP contribution in [-0.2, 0) is 6.54 Å². The average Bonchev–Trinajstić information content (AvgIpc) is 2.62. The van der Waals surface area contributed by atoms with Gasteiger partial charge in [-0.2, -0.15) is 0 Å². The molecule has 0 amide bonds. The molecule has 0 spiro atoms. The zero-order chi connectivity index (χ0) is 16.9. The Bertz CT molecular complexity index is 784. The fourth-order valence-electron chi connectivity index (χ4n) is 2.67. The Balaban J connectivity index is 1.70. The second-order valence-electron chi connectivity index (χ2n) is 6.16. The van der Waals surface area contributed by atoms with Crippen LogP contribution in [0.3, 0.4) is 0 Å². The summed E-state index contributed by atoms with van der Waals surface area (Å²) >= 11 is 0. The molecular weight excluding hydrogens is 296 g/mol. The Morgan fingerprint density at radius 1 is 1.04 bits per heavy atom. The minimum atomic E-state index is 0.287. The first-order valence-corrected chi connectivity index (χ1v) is 8.11. The lowest BCUT2D eigenvalue weighted by Crippen LogP contribution is -2.22. The lowest BCUT2D eigenvalue weighted by molar-refractivity contribution is 0.252. The lowest BCUT2D eigenvalue weighted by Gasteiger charge is -2.24. The van der Waals surface area contributed by atoms with E-state index < -0.39 is 0 Å². The number of aryl methyl sites for hydroxylation is 1. The van der Waals surface area contributed by atoms with Crippen molar-refractivity contribution in [1.29, 1.82) is 0 Å². The summed E-state index contributed by atoms with van der Waals surface area (Å²) in [5.41, 5.74) is 4.57. The zero-order valence-electron chi connectivity index (χ0n) is 14.3. The third-order valence-corrected chi connectivity index (χ3v) is 4.24. The van der Waals surface area contributed by atoms with Gasteiger partial charge in [0.25, 0.3) is 0 Å². The molecule has 3 rings (SSSR count). The summed E-state index contributed by atoms with van der Waals surface area (Å²) in [4.78, 5) is 15.5. The fraction of sp³-hybridized carbons (Fsp3) is 0.250. The lowest BCUT2D eigenvalue weighted by atomic mass is 10.1. The van der Waals surface area contributed by atoms with Crippen LogP contribution in [0.15, 0.2) is 61.2 Å². The number of nitrogens with zero attached hydrogens (tertiary/aromatic N) is 4. The first kappa shape index (κ1) is 16.3. The zero-order valence-corrected chi connectivity index (χ0v) is 14.3. The maximum Gasteiger partial charge on any atom is 0.159 e. The van der Waals surface area contributed by atoms with E-state index in [0.29, 0.717) is 0 Å². The number of hydrogen-bond acceptors (Lipinski definition) is 4. The van der Waals surface area contributed by atoms with Gasteiger partial charge in [-0.05, 0) is 38.6 Å². The topological polar surface area (TPSA) is 41.9 Å². The van der Waals surface area contributed by atoms with Gasteiger partial charge in [0, 0.05) is 48.5 Å². The average molecular weight is 318 g/mol. The molecule has 0 aliphatic heterocycles. The van der Waals surface area contributed by atoms with Crippen molar-refractivity contribution in [3.05, 3.63) is 77.9 Å². The van der Waals surface area contributed by atoms with Gasteiger partial charge >= 0.3 is 0 Å². The highest BCUT2D eigenvalue weighted by Crippen LogP contribution is 2.20. The number of aromatic nitrogens is 3. The predicted molar refractivity (Wildman–Crippen MR) is 96.3 cm³/mol. The molecule has 0 bridgehead atoms. The third kappa shape index (κ3) is 3.84. The molecule has 0 aliphatic carbocycles. The van der Waals surface area contributed by atoms with Gasteiger partial charge in [-0.25, -0.2) is 9.97 Å². The Morgan fingerprint density at radius 2 is 1.83 bits per heavy atom. The van der Waals surface area contributed by atoms with Crippen LogP contribution in [0, 0.1) is 6.92 Å². The van der Waals surface area contributed by atoms with Crippen LogP contribution < -0.4 is 0 Å². The molecule has 2 aromatic heterocycles. The van der Waals surface area contributed by atoms with E-state index in [-0.39, 0.29) is 6.04 Å². The summed E-state index contributed by atoms with van der Waals surface area (Å²) < 4.78 is 0. The van der Waals surface area contributed by atoms with Crippen LogP contribution >= 0.6 is 0 Å². The third-order valence-electron chi connectivity index (χ3n) is 4.24. The van der Waals surface area contributed by atoms with Crippen LogP contribution in [-0.4, -0.2) is 26.9 Å². The fourth-order valence-corrected chi connectivity index (χ4v) is 2.67. The molecule has 3 aromatic rings. The maximum atomic E-state index is 4.53. The Kier molecular flexibility index (Phi) is 4.96. The van der Waals surface area contributed by atoms with E-state index in [9.17, 15) is 0 Å². The van der Waals surface area contributed by atoms with Gasteiger partial charge in [0.15, 0.2) is 5.82 Å². The van der Waals surface area contributed by atoms with Gasteiger partial charge < -0.3 is 0 Å². The standard InChI is InChI=1S/C20H22N4/c1-15-6-4-7-18(10-15)20-22-11-17(12-23-20)14-24(3)16(2)19-8-5-9-21-13-19/h4-13,16H,14H2,1-3H3/t16-/m1/s1. The highest BCUT2D eigenvalue weighted by atomic mass is 15.1. The van der Waals surface area contributed by atoms with Gasteiger partial charge in [-0.1, -0.05) is 29.8 Å². The first-order chi connectivity index (χ1) is 11.6. The highest BCUT2D eigenvalue weighted by molar-refractivity contribution is 5.55. The highest BCUT2D eigenvalue weighted by Gasteiger charge is 2.12. The Morgan fingerprint density at radius 3 is 2.50 bits per heavy atom. The molecule has 1 atom stereocenters. The van der Waals surface area contributed by atoms with Crippen molar-refractivity contribution in [3.8, 4) is 11.4 Å². The summed E-state index contributed by atoms with van der Waals surface area (Å²) in [6, 6.07) is 12.6. The van der Waals surface area contributed by atoms with Crippen molar-refractivity contribution in [3.63, 3.8) is 0 Å². The molecule has 4 nitrogen and oxygen atoms in total. The molecule has 24 heavy (non-hydrogen) atoms. The van der Waals surface area contributed by atoms with Gasteiger partial charge in [-0.3, -0.25) is 9.88 Å². The van der Waals surface area contributed by atoms with Gasteiger partial charge in [0.2, 0.25) is 0 Å². The number of benzene rings is 1. The van der Waals surface area contributed by atoms with Gasteiger partial charge in [0.1, 0.15) is 0 Å². The molecule has 0 aliphatic rings. The summed E-state index contributed by atoms with van der Waals surface area (Å²) in [6.45, 7) is 5.05. The quantitative estimate of drug-likeness (QED) is 0.712. The van der Waals surface area contributed by atoms with Crippen LogP contribution in [0.5, 0.6) is 0 Å². The minimum absolute atomic E-state index is 0.287. The molecule has 4 heteroatoms. The molecule has 1 aromatic carbocycles. The van der Waals surface area contributed by atoms with Gasteiger partial charge in [-0.15, -0.1) is 0 Å². The predicted octanol–water partition coefficient (Wildman–Crippen LogP) is 4.04. The molecule has 0 unspecified atom stereocenters. The second kappa shape index (κ2) is 7.32. The second-order valence-corrected chi connectivity index (χ2v) is 6.16. The molecular formula is C20H22N4. The normalized spacial score (nSPS) is 12.3. The van der Waals surface area contributed by atoms with E-state index in [1.165, 1.54) is 11.1 Å². The van der Waals surface area contributed by atoms with Crippen molar-refractivity contribution in [1.82, 2.24) is 19.9 Å². The first-order valence-electron chi connectivity index (χ1n) is 8.11. The van der Waals surface area contributed by atoms with Crippen molar-refractivity contribution < 1.29 is 0 Å². The van der Waals surface area contributed by atoms with Gasteiger partial charge in [0.05, 0.1) is 0 Å². The van der Waals surface area contributed by atoms with E-state index >= 15 is 0 Å². The van der Waals surface area contributed by atoms with Crippen LogP contribution in [0.25, 0.3) is 11.4 Å². The van der Waals surface area contributed by atoms with Crippen LogP contribution in [0.1, 0.15) is 29.7 Å². The summed E-state index contributed by atoms with van der Waals surface area (Å²) in [6.07, 6.45) is 7.54. The van der Waals surface area contributed by atoms with E-state index in [2.05, 4.69) is 58.9 Å². The van der Waals surface area contributed by atoms with E-state index in [0.717, 1.165) is 23.5 Å². The molecule has 0 N–H and O–H groups in total. The van der Waals surface area contributed by atoms with Crippen molar-refractivity contribution in [2.24, 2.45) is 0 Å². The van der Waals surface area contributed by atoms with E-state index in [1.54, 1.807) is 6.20 Å². The molecule has 2 heterocycles. The molecule has 122 valence electrons. The van der Waals surface area contributed by atoms with Crippen LogP contribution in [0.2, 0.25) is 0 Å². The molecule has 0 saturated heterocycles. The number of rotatable bonds is 5. The Hall–Kier alpha value is -2.59. The SMILES string of the molecule is Cc1cccc(-c2ncc(CN(C)[C@H](C)c3cccnc3)cn2)c1. The smallest absolute Gasteiger partial charge is 0.159 e. The number of hydrogen-bond donors (Lipinski definition) is 0. The monoisotopic (exact) mass is 318 g/mol. The Labute approximate surface area is 143 Å². The van der Waals surface area contributed by atoms with E-state index in [4.69, 9.17) is 0 Å². The van der Waals surface area contributed by atoms with Crippen LogP contribution in [0.4, 0.5) is 0 Å². The molecule has 0 fully saturated rings. The molecule has 0 saturated carbocycles. The summed E-state index contributed by atoms with van der Waals surface area (Å²) in [5.74, 6) is 0.769. The molecule has 0 radical (unpaired) electrons. The van der Waals surface area contributed by atoms with E-state index in [1.807, 2.05) is 36.8 Å². The minimum Gasteiger partial charge on any atom is -0.295 e. The largest absolute Gasteiger partial charge is 0.295 e. The van der Waals surface area contributed by atoms with Crippen molar-refractivity contribution in [2.45, 2.75) is 26.4 Å². The van der Waals surface area contributed by atoms with Crippen molar-refractivity contribution >= 4 is 0 Å². The maximum absolute atomic E-state index is 4.53. The summed E-state index contributed by atoms with van der Waals surface area (Å²) in [7, 11) is 2.10.